The summed E-state index contributed by atoms with van der Waals surface area (Å²) in [5, 5.41) is 9.62. The van der Waals surface area contributed by atoms with E-state index in [0.717, 1.165) is 13.2 Å². The number of pyridine rings is 1. The minimum absolute atomic E-state index is 0.159. The van der Waals surface area contributed by atoms with Crippen LogP contribution < -0.4 is 4.74 Å². The molecule has 2 heterocycles. The van der Waals surface area contributed by atoms with Crippen molar-refractivity contribution in [3.05, 3.63) is 28.9 Å². The van der Waals surface area contributed by atoms with Gasteiger partial charge in [0.1, 0.15) is 5.56 Å². The van der Waals surface area contributed by atoms with Crippen molar-refractivity contribution in [2.24, 2.45) is 0 Å². The molecule has 0 bridgehead atoms. The van der Waals surface area contributed by atoms with Crippen molar-refractivity contribution in [3.8, 4) is 5.88 Å². The molecule has 1 aliphatic heterocycles. The molecule has 1 fully saturated rings. The second kappa shape index (κ2) is 6.62. The van der Waals surface area contributed by atoms with Gasteiger partial charge < -0.3 is 19.2 Å². The van der Waals surface area contributed by atoms with Crippen molar-refractivity contribution >= 4 is 13.2 Å². The molecule has 0 atom stereocenters. The molecule has 0 saturated carbocycles. The second-order valence-corrected chi connectivity index (χ2v) is 6.79. The molecular weight excluding hydrogens is 338 g/mol. The summed E-state index contributed by atoms with van der Waals surface area (Å²) in [5.41, 5.74) is -1.77. The highest BCUT2D eigenvalue weighted by molar-refractivity contribution is 6.55. The molecule has 0 unspecified atom stereocenters. The molecule has 5 nitrogen and oxygen atoms in total. The Bertz CT molecular complexity index is 658. The lowest BCUT2D eigenvalue weighted by molar-refractivity contribution is -0.139. The van der Waals surface area contributed by atoms with Gasteiger partial charge in [0, 0.05) is 6.20 Å². The van der Waals surface area contributed by atoms with Gasteiger partial charge in [-0.2, -0.15) is 13.2 Å². The van der Waals surface area contributed by atoms with Crippen LogP contribution in [-0.2, 0) is 15.5 Å². The van der Waals surface area contributed by atoms with E-state index in [1.54, 1.807) is 0 Å². The van der Waals surface area contributed by atoms with Gasteiger partial charge in [0.05, 0.1) is 24.9 Å². The van der Waals surface area contributed by atoms with Gasteiger partial charge in [-0.05, 0) is 44.8 Å². The van der Waals surface area contributed by atoms with Crippen molar-refractivity contribution in [3.63, 3.8) is 0 Å². The molecule has 1 aliphatic rings. The van der Waals surface area contributed by atoms with Gasteiger partial charge in [0.15, 0.2) is 0 Å². The van der Waals surface area contributed by atoms with E-state index >= 15 is 0 Å². The first-order valence-electron chi connectivity index (χ1n) is 7.69. The molecule has 1 aromatic heterocycles. The molecule has 1 aromatic rings. The zero-order valence-electron chi connectivity index (χ0n) is 14.8. The Labute approximate surface area is 144 Å². The number of methoxy groups -OCH3 is 1. The molecule has 0 amide bonds. The molecule has 0 spiro atoms. The second-order valence-electron chi connectivity index (χ2n) is 6.79. The minimum Gasteiger partial charge on any atom is -0.481 e. The summed E-state index contributed by atoms with van der Waals surface area (Å²) in [5.74, 6) is -0.508. The number of hydrogen-bond donors (Lipinski definition) is 1. The van der Waals surface area contributed by atoms with Crippen LogP contribution >= 0.6 is 0 Å². The molecule has 138 valence electrons. The van der Waals surface area contributed by atoms with Crippen LogP contribution in [0.1, 0.15) is 38.8 Å². The molecule has 1 N–H and O–H groups in total. The van der Waals surface area contributed by atoms with Crippen LogP contribution in [0.5, 0.6) is 5.88 Å². The standard InChI is InChI=1S/C16H21BF3NO4/c1-14(2)15(3,4)25-17(24-14)11(9-22)6-10-7-12(16(18,19)20)13(23-5)21-8-10/h6-8,22H,9H2,1-5H3. The van der Waals surface area contributed by atoms with Crippen molar-refractivity contribution in [1.29, 1.82) is 0 Å². The number of ether oxygens (including phenoxy) is 1. The topological polar surface area (TPSA) is 60.8 Å². The fourth-order valence-electron chi connectivity index (χ4n) is 2.31. The predicted molar refractivity (Wildman–Crippen MR) is 86.9 cm³/mol. The number of aliphatic hydroxyl groups excluding tert-OH is 1. The van der Waals surface area contributed by atoms with Crippen LogP contribution in [0.4, 0.5) is 13.2 Å². The number of nitrogens with zero attached hydrogens (tertiary/aromatic N) is 1. The number of aromatic nitrogens is 1. The first-order valence-corrected chi connectivity index (χ1v) is 7.69. The van der Waals surface area contributed by atoms with Crippen molar-refractivity contribution in [1.82, 2.24) is 4.98 Å². The normalized spacial score (nSPS) is 20.0. The van der Waals surface area contributed by atoms with Gasteiger partial charge in [-0.25, -0.2) is 4.98 Å². The summed E-state index contributed by atoms with van der Waals surface area (Å²) in [6, 6.07) is 0.909. The van der Waals surface area contributed by atoms with Gasteiger partial charge in [-0.15, -0.1) is 0 Å². The van der Waals surface area contributed by atoms with Crippen LogP contribution in [0.3, 0.4) is 0 Å². The Hall–Kier alpha value is -1.58. The average Bonchev–Trinajstić information content (AvgIpc) is 2.71. The summed E-state index contributed by atoms with van der Waals surface area (Å²) >= 11 is 0. The van der Waals surface area contributed by atoms with Gasteiger partial charge >= 0.3 is 13.3 Å². The highest BCUT2D eigenvalue weighted by Gasteiger charge is 2.52. The van der Waals surface area contributed by atoms with E-state index in [2.05, 4.69) is 9.72 Å². The maximum Gasteiger partial charge on any atom is 0.492 e. The van der Waals surface area contributed by atoms with E-state index in [9.17, 15) is 18.3 Å². The van der Waals surface area contributed by atoms with Gasteiger partial charge in [0.2, 0.25) is 5.88 Å². The largest absolute Gasteiger partial charge is 0.492 e. The third-order valence-corrected chi connectivity index (χ3v) is 4.46. The summed E-state index contributed by atoms with van der Waals surface area (Å²) in [6.45, 7) is 6.96. The Balaban J connectivity index is 2.38. The van der Waals surface area contributed by atoms with Crippen molar-refractivity contribution in [2.75, 3.05) is 13.7 Å². The van der Waals surface area contributed by atoms with Crippen molar-refractivity contribution in [2.45, 2.75) is 45.1 Å². The third kappa shape index (κ3) is 3.99. The predicted octanol–water partition coefficient (Wildman–Crippen LogP) is 3.12. The van der Waals surface area contributed by atoms with Crippen molar-refractivity contribution < 1.29 is 32.3 Å². The lowest BCUT2D eigenvalue weighted by Gasteiger charge is -2.32. The van der Waals surface area contributed by atoms with Crippen LogP contribution in [-0.4, -0.2) is 42.1 Å². The minimum atomic E-state index is -4.61. The molecular formula is C16H21BF3NO4. The number of aliphatic hydroxyl groups is 1. The first kappa shape index (κ1) is 19.7. The smallest absolute Gasteiger partial charge is 0.481 e. The zero-order chi connectivity index (χ0) is 19.0. The molecule has 9 heteroatoms. The Kier molecular flexibility index (Phi) is 5.23. The summed E-state index contributed by atoms with van der Waals surface area (Å²) in [7, 11) is 0.266. The lowest BCUT2D eigenvalue weighted by Crippen LogP contribution is -2.41. The Morgan fingerprint density at radius 3 is 2.28 bits per heavy atom. The SMILES string of the molecule is COc1ncc(C=C(CO)B2OC(C)(C)C(C)(C)O2)cc1C(F)(F)F. The zero-order valence-corrected chi connectivity index (χ0v) is 14.8. The van der Waals surface area contributed by atoms with Crippen LogP contribution in [0.15, 0.2) is 17.7 Å². The van der Waals surface area contributed by atoms with Gasteiger partial charge in [-0.3, -0.25) is 0 Å². The summed E-state index contributed by atoms with van der Waals surface area (Å²) in [4.78, 5) is 3.68. The highest BCUT2D eigenvalue weighted by atomic mass is 19.4. The van der Waals surface area contributed by atoms with E-state index in [-0.39, 0.29) is 5.56 Å². The lowest BCUT2D eigenvalue weighted by atomic mass is 9.77. The molecule has 2 rings (SSSR count). The highest BCUT2D eigenvalue weighted by Crippen LogP contribution is 2.39. The number of hydrogen-bond acceptors (Lipinski definition) is 5. The first-order chi connectivity index (χ1) is 11.4. The third-order valence-electron chi connectivity index (χ3n) is 4.46. The van der Waals surface area contributed by atoms with E-state index < -0.39 is 42.5 Å². The van der Waals surface area contributed by atoms with Crippen LogP contribution in [0, 0.1) is 0 Å². The number of halogens is 3. The van der Waals surface area contributed by atoms with Gasteiger partial charge in [0.25, 0.3) is 0 Å². The molecule has 0 radical (unpaired) electrons. The fourth-order valence-corrected chi connectivity index (χ4v) is 2.31. The fraction of sp³-hybridized carbons (Fsp3) is 0.562. The molecule has 25 heavy (non-hydrogen) atoms. The molecule has 0 aromatic carbocycles. The number of alkyl halides is 3. The Morgan fingerprint density at radius 2 is 1.84 bits per heavy atom. The van der Waals surface area contributed by atoms with Gasteiger partial charge in [-0.1, -0.05) is 6.08 Å². The van der Waals surface area contributed by atoms with Crippen LogP contribution in [0.2, 0.25) is 0 Å². The molecule has 1 saturated heterocycles. The quantitative estimate of drug-likeness (QED) is 0.838. The maximum absolute atomic E-state index is 13.1. The average molecular weight is 359 g/mol. The van der Waals surface area contributed by atoms with E-state index in [1.807, 2.05) is 27.7 Å². The monoisotopic (exact) mass is 359 g/mol. The Morgan fingerprint density at radius 1 is 1.28 bits per heavy atom. The van der Waals surface area contributed by atoms with E-state index in [4.69, 9.17) is 9.31 Å². The van der Waals surface area contributed by atoms with E-state index in [0.29, 0.717) is 5.47 Å². The number of rotatable bonds is 4. The summed E-state index contributed by atoms with van der Waals surface area (Å²) < 4.78 is 55.6. The molecule has 0 aliphatic carbocycles. The van der Waals surface area contributed by atoms with Crippen LogP contribution in [0.25, 0.3) is 6.08 Å². The van der Waals surface area contributed by atoms with E-state index in [1.165, 1.54) is 12.3 Å². The summed E-state index contributed by atoms with van der Waals surface area (Å²) in [6.07, 6.45) is -2.00. The maximum atomic E-state index is 13.1.